The Morgan fingerprint density at radius 2 is 1.65 bits per heavy atom. The van der Waals surface area contributed by atoms with E-state index in [9.17, 15) is 8.42 Å². The van der Waals surface area contributed by atoms with E-state index in [4.69, 9.17) is 11.6 Å². The molecule has 3 nitrogen and oxygen atoms in total. The second-order valence-corrected chi connectivity index (χ2v) is 7.82. The number of hydrogen-bond acceptors (Lipinski definition) is 2. The van der Waals surface area contributed by atoms with Gasteiger partial charge in [0.15, 0.2) is 0 Å². The largest absolute Gasteiger partial charge is 0.243 e. The van der Waals surface area contributed by atoms with Crippen LogP contribution in [0.2, 0.25) is 5.02 Å². The molecule has 0 N–H and O–H groups in total. The van der Waals surface area contributed by atoms with Crippen molar-refractivity contribution in [3.05, 3.63) is 63.1 Å². The van der Waals surface area contributed by atoms with Gasteiger partial charge in [-0.1, -0.05) is 35.9 Å². The first-order chi connectivity index (χ1) is 9.48. The van der Waals surface area contributed by atoms with Crippen molar-refractivity contribution < 1.29 is 8.42 Å². The van der Waals surface area contributed by atoms with Gasteiger partial charge in [-0.05, 0) is 45.3 Å². The highest BCUT2D eigenvalue weighted by molar-refractivity contribution is 9.10. The quantitative estimate of drug-likeness (QED) is 0.804. The van der Waals surface area contributed by atoms with Crippen molar-refractivity contribution in [2.24, 2.45) is 0 Å². The Morgan fingerprint density at radius 3 is 2.20 bits per heavy atom. The lowest BCUT2D eigenvalue weighted by Crippen LogP contribution is -2.25. The van der Waals surface area contributed by atoms with E-state index >= 15 is 0 Å². The number of benzene rings is 2. The molecule has 104 valence electrons. The van der Waals surface area contributed by atoms with Crippen LogP contribution < -0.4 is 0 Å². The van der Waals surface area contributed by atoms with Crippen LogP contribution >= 0.6 is 27.5 Å². The zero-order valence-corrected chi connectivity index (χ0v) is 13.5. The van der Waals surface area contributed by atoms with Crippen molar-refractivity contribution in [3.8, 4) is 0 Å². The highest BCUT2D eigenvalue weighted by atomic mass is 79.9. The highest BCUT2D eigenvalue weighted by Gasteiger charge is 2.30. The maximum absolute atomic E-state index is 12.6. The van der Waals surface area contributed by atoms with Crippen molar-refractivity contribution >= 4 is 37.6 Å². The van der Waals surface area contributed by atoms with Gasteiger partial charge >= 0.3 is 0 Å². The first-order valence-corrected chi connectivity index (χ1v) is 8.61. The molecular weight excluding hydrogens is 362 g/mol. The maximum atomic E-state index is 12.6. The highest BCUT2D eigenvalue weighted by Crippen LogP contribution is 2.31. The Balaban J connectivity index is 1.96. The summed E-state index contributed by atoms with van der Waals surface area (Å²) in [4.78, 5) is 0.251. The summed E-state index contributed by atoms with van der Waals surface area (Å²) in [6.07, 6.45) is 0. The minimum atomic E-state index is -3.50. The minimum absolute atomic E-state index is 0.251. The molecule has 1 aliphatic heterocycles. The lowest BCUT2D eigenvalue weighted by atomic mass is 10.1. The van der Waals surface area contributed by atoms with Gasteiger partial charge in [0.25, 0.3) is 0 Å². The van der Waals surface area contributed by atoms with E-state index in [1.54, 1.807) is 12.1 Å². The number of hydrogen-bond donors (Lipinski definition) is 0. The van der Waals surface area contributed by atoms with Gasteiger partial charge in [-0.3, -0.25) is 0 Å². The molecule has 0 atom stereocenters. The molecule has 6 heteroatoms. The van der Waals surface area contributed by atoms with Gasteiger partial charge in [0, 0.05) is 17.6 Å². The summed E-state index contributed by atoms with van der Waals surface area (Å²) in [5.41, 5.74) is 2.12. The molecule has 0 bridgehead atoms. The fourth-order valence-electron chi connectivity index (χ4n) is 2.26. The van der Waals surface area contributed by atoms with Crippen LogP contribution in [0.4, 0.5) is 0 Å². The van der Waals surface area contributed by atoms with Crippen LogP contribution in [0, 0.1) is 0 Å². The summed E-state index contributed by atoms with van der Waals surface area (Å²) in [5, 5.41) is 0.494. The molecule has 0 fully saturated rings. The lowest BCUT2D eigenvalue weighted by molar-refractivity contribution is 0.431. The van der Waals surface area contributed by atoms with Gasteiger partial charge < -0.3 is 0 Å². The first-order valence-electron chi connectivity index (χ1n) is 6.00. The predicted octanol–water partition coefficient (Wildman–Crippen LogP) is 3.81. The van der Waals surface area contributed by atoms with Crippen molar-refractivity contribution in [3.63, 3.8) is 0 Å². The number of halogens is 2. The number of rotatable bonds is 2. The zero-order valence-electron chi connectivity index (χ0n) is 10.4. The fourth-order valence-corrected chi connectivity index (χ4v) is 4.33. The smallest absolute Gasteiger partial charge is 0.207 e. The third kappa shape index (κ3) is 2.39. The second-order valence-electron chi connectivity index (χ2n) is 4.62. The molecule has 0 aromatic heterocycles. The van der Waals surface area contributed by atoms with Gasteiger partial charge in [0.2, 0.25) is 10.0 Å². The molecule has 2 aromatic carbocycles. The second kappa shape index (κ2) is 5.15. The summed E-state index contributed by atoms with van der Waals surface area (Å²) in [6, 6.07) is 12.4. The maximum Gasteiger partial charge on any atom is 0.243 e. The molecule has 20 heavy (non-hydrogen) atoms. The van der Waals surface area contributed by atoms with Gasteiger partial charge in [-0.2, -0.15) is 4.31 Å². The third-order valence-electron chi connectivity index (χ3n) is 3.34. The van der Waals surface area contributed by atoms with E-state index in [1.165, 1.54) is 10.4 Å². The van der Waals surface area contributed by atoms with Crippen molar-refractivity contribution in [2.75, 3.05) is 0 Å². The molecule has 0 saturated carbocycles. The monoisotopic (exact) mass is 371 g/mol. The van der Waals surface area contributed by atoms with Crippen LogP contribution in [0.25, 0.3) is 0 Å². The van der Waals surface area contributed by atoms with Crippen LogP contribution in [-0.2, 0) is 23.1 Å². The van der Waals surface area contributed by atoms with Crippen molar-refractivity contribution in [1.29, 1.82) is 0 Å². The molecule has 0 amide bonds. The predicted molar refractivity (Wildman–Crippen MR) is 82.0 cm³/mol. The third-order valence-corrected chi connectivity index (χ3v) is 6.34. The minimum Gasteiger partial charge on any atom is -0.207 e. The Morgan fingerprint density at radius 1 is 1.05 bits per heavy atom. The standard InChI is InChI=1S/C14H11BrClNO2S/c15-13-7-12(5-6-14(13)16)20(18,19)17-8-10-3-1-2-4-11(10)9-17/h1-7H,8-9H2. The van der Waals surface area contributed by atoms with E-state index in [1.807, 2.05) is 24.3 Å². The SMILES string of the molecule is O=S(=O)(c1ccc(Cl)c(Br)c1)N1Cc2ccccc2C1. The number of fused-ring (bicyclic) bond motifs is 1. The van der Waals surface area contributed by atoms with Crippen LogP contribution in [-0.4, -0.2) is 12.7 Å². The fraction of sp³-hybridized carbons (Fsp3) is 0.143. The van der Waals surface area contributed by atoms with E-state index in [2.05, 4.69) is 15.9 Å². The van der Waals surface area contributed by atoms with Gasteiger partial charge in [0.05, 0.1) is 9.92 Å². The van der Waals surface area contributed by atoms with Crippen LogP contribution in [0.3, 0.4) is 0 Å². The van der Waals surface area contributed by atoms with Gasteiger partial charge in [-0.25, -0.2) is 8.42 Å². The molecule has 1 heterocycles. The van der Waals surface area contributed by atoms with E-state index in [0.29, 0.717) is 22.6 Å². The number of sulfonamides is 1. The first kappa shape index (κ1) is 14.1. The van der Waals surface area contributed by atoms with E-state index in [-0.39, 0.29) is 4.90 Å². The van der Waals surface area contributed by atoms with E-state index in [0.717, 1.165) is 11.1 Å². The summed E-state index contributed by atoms with van der Waals surface area (Å²) in [7, 11) is -3.50. The Hall–Kier alpha value is -0.880. The zero-order chi connectivity index (χ0) is 14.3. The summed E-state index contributed by atoms with van der Waals surface area (Å²) in [5.74, 6) is 0. The normalized spacial score (nSPS) is 15.3. The molecule has 1 aliphatic rings. The summed E-state index contributed by atoms with van der Waals surface area (Å²) < 4.78 is 27.3. The molecule has 3 rings (SSSR count). The van der Waals surface area contributed by atoms with Crippen molar-refractivity contribution in [2.45, 2.75) is 18.0 Å². The molecule has 0 radical (unpaired) electrons. The molecule has 0 saturated heterocycles. The van der Waals surface area contributed by atoms with Gasteiger partial charge in [0.1, 0.15) is 0 Å². The summed E-state index contributed by atoms with van der Waals surface area (Å²) >= 11 is 9.17. The Bertz CT molecular complexity index is 751. The number of nitrogens with zero attached hydrogens (tertiary/aromatic N) is 1. The van der Waals surface area contributed by atoms with Crippen molar-refractivity contribution in [1.82, 2.24) is 4.31 Å². The molecule has 0 unspecified atom stereocenters. The molecule has 2 aromatic rings. The molecular formula is C14H11BrClNO2S. The Kier molecular flexibility index (Phi) is 3.62. The topological polar surface area (TPSA) is 37.4 Å². The van der Waals surface area contributed by atoms with Crippen LogP contribution in [0.1, 0.15) is 11.1 Å². The average molecular weight is 373 g/mol. The van der Waals surface area contributed by atoms with Crippen LogP contribution in [0.5, 0.6) is 0 Å². The summed E-state index contributed by atoms with van der Waals surface area (Å²) in [6.45, 7) is 0.831. The van der Waals surface area contributed by atoms with Crippen LogP contribution in [0.15, 0.2) is 51.8 Å². The van der Waals surface area contributed by atoms with E-state index < -0.39 is 10.0 Å². The lowest BCUT2D eigenvalue weighted by Gasteiger charge is -2.16. The average Bonchev–Trinajstić information content (AvgIpc) is 2.86. The van der Waals surface area contributed by atoms with Gasteiger partial charge in [-0.15, -0.1) is 0 Å². The Labute approximate surface area is 131 Å². The molecule has 0 aliphatic carbocycles. The molecule has 0 spiro atoms.